The van der Waals surface area contributed by atoms with Crippen molar-refractivity contribution in [1.82, 2.24) is 0 Å². The molecule has 0 aliphatic carbocycles. The molecule has 0 amide bonds. The molecule has 17 heavy (non-hydrogen) atoms. The number of hydrogen-bond acceptors (Lipinski definition) is 3. The largest absolute Gasteiger partial charge is 0.514 e. The first kappa shape index (κ1) is 14.9. The lowest BCUT2D eigenvalue weighted by Gasteiger charge is -2.12. The Labute approximate surface area is 122 Å². The monoisotopic (exact) mass is 360 g/mol. The standard InChI is InChI=1S/C10H8BrCl3O3/c1-4(2)16-10(15)17-9-6(13)3-5(12)8(14)7(9)11/h3-4H,1-2H3. The van der Waals surface area contributed by atoms with Gasteiger partial charge in [-0.25, -0.2) is 4.79 Å². The lowest BCUT2D eigenvalue weighted by molar-refractivity contribution is 0.0727. The van der Waals surface area contributed by atoms with Crippen LogP contribution in [0.3, 0.4) is 0 Å². The van der Waals surface area contributed by atoms with Crippen LogP contribution in [-0.2, 0) is 4.74 Å². The minimum Gasteiger partial charge on any atom is -0.431 e. The van der Waals surface area contributed by atoms with E-state index in [4.69, 9.17) is 44.3 Å². The lowest BCUT2D eigenvalue weighted by atomic mass is 10.3. The van der Waals surface area contributed by atoms with E-state index in [9.17, 15) is 4.79 Å². The van der Waals surface area contributed by atoms with E-state index in [0.29, 0.717) is 4.47 Å². The maximum absolute atomic E-state index is 11.3. The first-order valence-corrected chi connectivity index (χ1v) is 6.47. The third kappa shape index (κ3) is 3.91. The molecule has 1 rings (SSSR count). The summed E-state index contributed by atoms with van der Waals surface area (Å²) < 4.78 is 10.1. The normalized spacial score (nSPS) is 10.5. The molecule has 0 radical (unpaired) electrons. The van der Waals surface area contributed by atoms with Gasteiger partial charge in [-0.1, -0.05) is 34.8 Å². The number of hydrogen-bond donors (Lipinski definition) is 0. The number of carbonyl (C=O) groups is 1. The van der Waals surface area contributed by atoms with Gasteiger partial charge in [0.1, 0.15) is 0 Å². The molecule has 0 spiro atoms. The summed E-state index contributed by atoms with van der Waals surface area (Å²) in [7, 11) is 0. The van der Waals surface area contributed by atoms with Crippen LogP contribution >= 0.6 is 50.7 Å². The topological polar surface area (TPSA) is 35.5 Å². The quantitative estimate of drug-likeness (QED) is 0.309. The van der Waals surface area contributed by atoms with E-state index in [1.807, 2.05) is 0 Å². The van der Waals surface area contributed by atoms with Gasteiger partial charge in [0.05, 0.1) is 25.6 Å². The number of halogens is 4. The van der Waals surface area contributed by atoms with Gasteiger partial charge in [0.2, 0.25) is 0 Å². The molecule has 0 aromatic heterocycles. The van der Waals surface area contributed by atoms with E-state index in [1.54, 1.807) is 13.8 Å². The van der Waals surface area contributed by atoms with Crippen LogP contribution in [0.25, 0.3) is 0 Å². The molecule has 3 nitrogen and oxygen atoms in total. The summed E-state index contributed by atoms with van der Waals surface area (Å²) in [6, 6.07) is 1.38. The van der Waals surface area contributed by atoms with Gasteiger partial charge in [-0.2, -0.15) is 0 Å². The summed E-state index contributed by atoms with van der Waals surface area (Å²) in [5, 5.41) is 0.628. The fraction of sp³-hybridized carbons (Fsp3) is 0.300. The Morgan fingerprint density at radius 3 is 2.41 bits per heavy atom. The van der Waals surface area contributed by atoms with Crippen molar-refractivity contribution in [2.24, 2.45) is 0 Å². The maximum atomic E-state index is 11.3. The molecule has 0 saturated carbocycles. The summed E-state index contributed by atoms with van der Waals surface area (Å²) in [5.74, 6) is 0.0757. The highest BCUT2D eigenvalue weighted by molar-refractivity contribution is 9.10. The Kier molecular flexibility index (Phi) is 5.38. The molecule has 1 aromatic carbocycles. The molecule has 0 unspecified atom stereocenters. The van der Waals surface area contributed by atoms with Gasteiger partial charge in [0, 0.05) is 0 Å². The molecule has 0 heterocycles. The molecule has 0 N–H and O–H groups in total. The van der Waals surface area contributed by atoms with Crippen molar-refractivity contribution in [2.45, 2.75) is 20.0 Å². The minimum absolute atomic E-state index is 0.0757. The second-order valence-corrected chi connectivity index (χ2v) is 5.30. The van der Waals surface area contributed by atoms with Crippen LogP contribution < -0.4 is 4.74 Å². The molecular formula is C10H8BrCl3O3. The predicted octanol–water partition coefficient (Wildman–Crippen LogP) is 5.33. The second-order valence-electron chi connectivity index (χ2n) is 3.32. The van der Waals surface area contributed by atoms with Crippen molar-refractivity contribution in [3.05, 3.63) is 25.6 Å². The second kappa shape index (κ2) is 6.14. The summed E-state index contributed by atoms with van der Waals surface area (Å²) in [6.45, 7) is 3.40. The zero-order chi connectivity index (χ0) is 13.2. The molecule has 0 atom stereocenters. The fourth-order valence-electron chi connectivity index (χ4n) is 0.943. The van der Waals surface area contributed by atoms with Crippen LogP contribution in [0, 0.1) is 0 Å². The average Bonchev–Trinajstić information content (AvgIpc) is 2.20. The van der Waals surface area contributed by atoms with Gasteiger partial charge in [0.25, 0.3) is 0 Å². The lowest BCUT2D eigenvalue weighted by Crippen LogP contribution is -2.16. The molecule has 0 fully saturated rings. The van der Waals surface area contributed by atoms with Crippen LogP contribution in [0.5, 0.6) is 5.75 Å². The molecule has 0 saturated heterocycles. The maximum Gasteiger partial charge on any atom is 0.514 e. The van der Waals surface area contributed by atoms with Crippen LogP contribution in [0.1, 0.15) is 13.8 Å². The average molecular weight is 362 g/mol. The van der Waals surface area contributed by atoms with Crippen LogP contribution in [0.15, 0.2) is 10.5 Å². The summed E-state index contributed by atoms with van der Waals surface area (Å²) >= 11 is 20.7. The number of benzene rings is 1. The summed E-state index contributed by atoms with van der Waals surface area (Å²) in [4.78, 5) is 11.3. The minimum atomic E-state index is -0.860. The molecule has 1 aromatic rings. The van der Waals surface area contributed by atoms with Crippen molar-refractivity contribution in [3.8, 4) is 5.75 Å². The van der Waals surface area contributed by atoms with Gasteiger partial charge in [-0.3, -0.25) is 0 Å². The first-order chi connectivity index (χ1) is 7.82. The third-order valence-electron chi connectivity index (χ3n) is 1.59. The van der Waals surface area contributed by atoms with Crippen molar-refractivity contribution in [1.29, 1.82) is 0 Å². The number of carbonyl (C=O) groups excluding carboxylic acids is 1. The Hall–Kier alpha value is -0.160. The van der Waals surface area contributed by atoms with Gasteiger partial charge in [-0.05, 0) is 35.8 Å². The Morgan fingerprint density at radius 2 is 1.88 bits per heavy atom. The van der Waals surface area contributed by atoms with Gasteiger partial charge < -0.3 is 9.47 Å². The fourth-order valence-corrected chi connectivity index (χ4v) is 2.32. The first-order valence-electron chi connectivity index (χ1n) is 4.54. The van der Waals surface area contributed by atoms with Crippen LogP contribution in [0.4, 0.5) is 4.79 Å². The third-order valence-corrected chi connectivity index (χ3v) is 3.64. The van der Waals surface area contributed by atoms with Gasteiger partial charge in [-0.15, -0.1) is 0 Å². The summed E-state index contributed by atoms with van der Waals surface area (Å²) in [6.07, 6.45) is -1.15. The highest BCUT2D eigenvalue weighted by Crippen LogP contribution is 2.42. The van der Waals surface area contributed by atoms with E-state index in [-0.39, 0.29) is 26.9 Å². The van der Waals surface area contributed by atoms with E-state index >= 15 is 0 Å². The van der Waals surface area contributed by atoms with Gasteiger partial charge >= 0.3 is 6.16 Å². The zero-order valence-corrected chi connectivity index (χ0v) is 12.7. The number of rotatable bonds is 2. The van der Waals surface area contributed by atoms with Crippen LogP contribution in [-0.4, -0.2) is 12.3 Å². The van der Waals surface area contributed by atoms with E-state index in [0.717, 1.165) is 0 Å². The highest BCUT2D eigenvalue weighted by atomic mass is 79.9. The van der Waals surface area contributed by atoms with Gasteiger partial charge in [0.15, 0.2) is 5.75 Å². The molecule has 7 heteroatoms. The van der Waals surface area contributed by atoms with Crippen molar-refractivity contribution in [3.63, 3.8) is 0 Å². The van der Waals surface area contributed by atoms with E-state index in [1.165, 1.54) is 6.07 Å². The molecule has 0 aliphatic heterocycles. The van der Waals surface area contributed by atoms with Crippen molar-refractivity contribution >= 4 is 56.9 Å². The Balaban J connectivity index is 2.99. The number of ether oxygens (including phenoxy) is 2. The summed E-state index contributed by atoms with van der Waals surface area (Å²) in [5.41, 5.74) is 0. The Bertz CT molecular complexity index is 449. The SMILES string of the molecule is CC(C)OC(=O)Oc1c(Cl)cc(Cl)c(Cl)c1Br. The molecule has 0 aliphatic rings. The predicted molar refractivity (Wildman–Crippen MR) is 71.4 cm³/mol. The van der Waals surface area contributed by atoms with Crippen LogP contribution in [0.2, 0.25) is 15.1 Å². The highest BCUT2D eigenvalue weighted by Gasteiger charge is 2.18. The molecule has 94 valence electrons. The van der Waals surface area contributed by atoms with E-state index < -0.39 is 6.16 Å². The molecular weight excluding hydrogens is 354 g/mol. The van der Waals surface area contributed by atoms with Crippen molar-refractivity contribution in [2.75, 3.05) is 0 Å². The smallest absolute Gasteiger partial charge is 0.431 e. The molecule has 0 bridgehead atoms. The van der Waals surface area contributed by atoms with E-state index in [2.05, 4.69) is 15.9 Å². The zero-order valence-electron chi connectivity index (χ0n) is 8.89. The van der Waals surface area contributed by atoms with Crippen molar-refractivity contribution < 1.29 is 14.3 Å². The Morgan fingerprint density at radius 1 is 1.29 bits per heavy atom.